The number of carbonyl (C=O) groups is 3. The van der Waals surface area contributed by atoms with Gasteiger partial charge in [0.05, 0.1) is 5.02 Å². The summed E-state index contributed by atoms with van der Waals surface area (Å²) in [6, 6.07) is 8.70. The van der Waals surface area contributed by atoms with Gasteiger partial charge in [0.2, 0.25) is 5.91 Å². The highest BCUT2D eigenvalue weighted by Gasteiger charge is 2.23. The van der Waals surface area contributed by atoms with E-state index in [1.807, 2.05) is 6.92 Å². The molecule has 0 atom stereocenters. The van der Waals surface area contributed by atoms with Crippen molar-refractivity contribution in [2.45, 2.75) is 19.8 Å². The second kappa shape index (κ2) is 7.75. The smallest absolute Gasteiger partial charge is 0.314 e. The Morgan fingerprint density at radius 1 is 1.07 bits per heavy atom. The van der Waals surface area contributed by atoms with Crippen molar-refractivity contribution in [3.8, 4) is 0 Å². The molecular formula is C19H17ClFN3O3. The standard InChI is InChI=1S/C19H17ClFN3O3/c1-11-4-5-13(10-16(11)24-8-2-3-17(24)25)23-19(27)18(26)22-12-6-7-15(21)14(20)9-12/h4-7,9-10H,2-3,8H2,1H3,(H,22,26)(H,23,27). The molecule has 3 rings (SSSR count). The Kier molecular flexibility index (Phi) is 5.41. The molecule has 0 spiro atoms. The van der Waals surface area contributed by atoms with Crippen molar-refractivity contribution in [1.82, 2.24) is 0 Å². The Labute approximate surface area is 160 Å². The molecule has 27 heavy (non-hydrogen) atoms. The molecule has 1 aliphatic heterocycles. The van der Waals surface area contributed by atoms with Crippen LogP contribution < -0.4 is 15.5 Å². The van der Waals surface area contributed by atoms with E-state index in [-0.39, 0.29) is 16.6 Å². The van der Waals surface area contributed by atoms with Crippen LogP contribution in [-0.4, -0.2) is 24.3 Å². The zero-order valence-corrected chi connectivity index (χ0v) is 15.3. The van der Waals surface area contributed by atoms with Gasteiger partial charge in [-0.05, 0) is 49.2 Å². The zero-order chi connectivity index (χ0) is 19.6. The number of anilines is 3. The fraction of sp³-hybridized carbons (Fsp3) is 0.211. The molecule has 140 valence electrons. The lowest BCUT2D eigenvalue weighted by molar-refractivity contribution is -0.132. The Hall–Kier alpha value is -2.93. The average molecular weight is 390 g/mol. The van der Waals surface area contributed by atoms with Crippen molar-refractivity contribution in [3.63, 3.8) is 0 Å². The molecule has 0 saturated carbocycles. The number of nitrogens with one attached hydrogen (secondary N) is 2. The van der Waals surface area contributed by atoms with Gasteiger partial charge >= 0.3 is 11.8 Å². The molecule has 0 aromatic heterocycles. The van der Waals surface area contributed by atoms with Gasteiger partial charge in [-0.15, -0.1) is 0 Å². The van der Waals surface area contributed by atoms with Crippen LogP contribution in [0.4, 0.5) is 21.5 Å². The maximum Gasteiger partial charge on any atom is 0.314 e. The third kappa shape index (κ3) is 4.25. The molecule has 2 aromatic carbocycles. The predicted molar refractivity (Wildman–Crippen MR) is 101 cm³/mol. The van der Waals surface area contributed by atoms with Crippen LogP contribution in [0.25, 0.3) is 0 Å². The lowest BCUT2D eigenvalue weighted by Crippen LogP contribution is -2.29. The van der Waals surface area contributed by atoms with Crippen molar-refractivity contribution in [1.29, 1.82) is 0 Å². The van der Waals surface area contributed by atoms with E-state index in [1.165, 1.54) is 12.1 Å². The van der Waals surface area contributed by atoms with Gasteiger partial charge in [0.25, 0.3) is 0 Å². The summed E-state index contributed by atoms with van der Waals surface area (Å²) in [6.07, 6.45) is 1.29. The summed E-state index contributed by atoms with van der Waals surface area (Å²) >= 11 is 5.65. The van der Waals surface area contributed by atoms with Gasteiger partial charge in [-0.2, -0.15) is 0 Å². The molecule has 0 unspecified atom stereocenters. The fourth-order valence-electron chi connectivity index (χ4n) is 2.83. The summed E-state index contributed by atoms with van der Waals surface area (Å²) in [6.45, 7) is 2.50. The lowest BCUT2D eigenvalue weighted by Gasteiger charge is -2.19. The average Bonchev–Trinajstić information content (AvgIpc) is 3.05. The molecule has 2 aromatic rings. The molecule has 1 fully saturated rings. The third-order valence-corrected chi connectivity index (χ3v) is 4.50. The maximum absolute atomic E-state index is 13.2. The molecule has 3 amide bonds. The fourth-order valence-corrected chi connectivity index (χ4v) is 3.01. The van der Waals surface area contributed by atoms with Crippen LogP contribution in [0.2, 0.25) is 5.02 Å². The Bertz CT molecular complexity index is 932. The monoisotopic (exact) mass is 389 g/mol. The van der Waals surface area contributed by atoms with E-state index in [4.69, 9.17) is 11.6 Å². The number of nitrogens with zero attached hydrogens (tertiary/aromatic N) is 1. The van der Waals surface area contributed by atoms with Gasteiger partial charge in [0, 0.05) is 30.0 Å². The van der Waals surface area contributed by atoms with Gasteiger partial charge in [0.15, 0.2) is 0 Å². The van der Waals surface area contributed by atoms with E-state index < -0.39 is 17.6 Å². The second-order valence-electron chi connectivity index (χ2n) is 6.19. The minimum Gasteiger partial charge on any atom is -0.318 e. The highest BCUT2D eigenvalue weighted by atomic mass is 35.5. The molecule has 2 N–H and O–H groups in total. The number of amides is 3. The highest BCUT2D eigenvalue weighted by Crippen LogP contribution is 2.28. The summed E-state index contributed by atoms with van der Waals surface area (Å²) in [5.41, 5.74) is 2.20. The quantitative estimate of drug-likeness (QED) is 0.789. The van der Waals surface area contributed by atoms with Crippen molar-refractivity contribution in [2.75, 3.05) is 22.1 Å². The number of carbonyl (C=O) groups excluding carboxylic acids is 3. The number of aryl methyl sites for hydroxylation is 1. The summed E-state index contributed by atoms with van der Waals surface area (Å²) in [5, 5.41) is 4.69. The first kappa shape index (κ1) is 18.8. The van der Waals surface area contributed by atoms with Gasteiger partial charge in [0.1, 0.15) is 5.82 Å². The van der Waals surface area contributed by atoms with Crippen LogP contribution in [0.3, 0.4) is 0 Å². The van der Waals surface area contributed by atoms with Crippen LogP contribution in [-0.2, 0) is 14.4 Å². The first-order chi connectivity index (χ1) is 12.8. The Morgan fingerprint density at radius 3 is 2.30 bits per heavy atom. The van der Waals surface area contributed by atoms with E-state index in [2.05, 4.69) is 10.6 Å². The van der Waals surface area contributed by atoms with Crippen LogP contribution in [0.5, 0.6) is 0 Å². The molecule has 1 aliphatic rings. The number of hydrogen-bond acceptors (Lipinski definition) is 3. The summed E-state index contributed by atoms with van der Waals surface area (Å²) in [7, 11) is 0. The molecular weight excluding hydrogens is 373 g/mol. The van der Waals surface area contributed by atoms with Gasteiger partial charge in [-0.25, -0.2) is 4.39 Å². The number of halogens is 2. The maximum atomic E-state index is 13.2. The number of benzene rings is 2. The minimum absolute atomic E-state index is 0.0347. The van der Waals surface area contributed by atoms with Gasteiger partial charge < -0.3 is 15.5 Å². The summed E-state index contributed by atoms with van der Waals surface area (Å²) in [5.74, 6) is -2.40. The topological polar surface area (TPSA) is 78.5 Å². The predicted octanol–water partition coefficient (Wildman–Crippen LogP) is 3.49. The first-order valence-corrected chi connectivity index (χ1v) is 8.71. The first-order valence-electron chi connectivity index (χ1n) is 8.33. The van der Waals surface area contributed by atoms with E-state index in [1.54, 1.807) is 23.1 Å². The van der Waals surface area contributed by atoms with Gasteiger partial charge in [-0.1, -0.05) is 17.7 Å². The van der Waals surface area contributed by atoms with E-state index in [0.29, 0.717) is 24.3 Å². The van der Waals surface area contributed by atoms with Crippen LogP contribution >= 0.6 is 11.6 Å². The second-order valence-corrected chi connectivity index (χ2v) is 6.59. The highest BCUT2D eigenvalue weighted by molar-refractivity contribution is 6.43. The number of hydrogen-bond donors (Lipinski definition) is 2. The van der Waals surface area contributed by atoms with E-state index in [0.717, 1.165) is 18.1 Å². The largest absolute Gasteiger partial charge is 0.318 e. The molecule has 1 heterocycles. The van der Waals surface area contributed by atoms with E-state index in [9.17, 15) is 18.8 Å². The third-order valence-electron chi connectivity index (χ3n) is 4.21. The van der Waals surface area contributed by atoms with Crippen molar-refractivity contribution >= 4 is 46.4 Å². The molecule has 6 nitrogen and oxygen atoms in total. The molecule has 1 saturated heterocycles. The molecule has 0 aliphatic carbocycles. The zero-order valence-electron chi connectivity index (χ0n) is 14.5. The normalized spacial score (nSPS) is 13.6. The van der Waals surface area contributed by atoms with Crippen LogP contribution in [0, 0.1) is 12.7 Å². The Morgan fingerprint density at radius 2 is 1.70 bits per heavy atom. The SMILES string of the molecule is Cc1ccc(NC(=O)C(=O)Nc2ccc(F)c(Cl)c2)cc1N1CCCC1=O. The molecule has 0 bridgehead atoms. The summed E-state index contributed by atoms with van der Waals surface area (Å²) < 4.78 is 13.2. The van der Waals surface area contributed by atoms with Crippen LogP contribution in [0.15, 0.2) is 36.4 Å². The lowest BCUT2D eigenvalue weighted by atomic mass is 10.1. The molecule has 8 heteroatoms. The van der Waals surface area contributed by atoms with Crippen molar-refractivity contribution < 1.29 is 18.8 Å². The molecule has 0 radical (unpaired) electrons. The van der Waals surface area contributed by atoms with Crippen molar-refractivity contribution in [2.24, 2.45) is 0 Å². The minimum atomic E-state index is -0.919. The van der Waals surface area contributed by atoms with Crippen LogP contribution in [0.1, 0.15) is 18.4 Å². The van der Waals surface area contributed by atoms with Crippen molar-refractivity contribution in [3.05, 3.63) is 52.8 Å². The van der Waals surface area contributed by atoms with Gasteiger partial charge in [-0.3, -0.25) is 14.4 Å². The number of rotatable bonds is 3. The Balaban J connectivity index is 1.70. The summed E-state index contributed by atoms with van der Waals surface area (Å²) in [4.78, 5) is 37.8. The van der Waals surface area contributed by atoms with E-state index >= 15 is 0 Å².